The highest BCUT2D eigenvalue weighted by atomic mass is 16.5. The van der Waals surface area contributed by atoms with E-state index in [-0.39, 0.29) is 41.0 Å². The van der Waals surface area contributed by atoms with Gasteiger partial charge in [0.1, 0.15) is 6.10 Å². The fourth-order valence-corrected chi connectivity index (χ4v) is 10.3. The van der Waals surface area contributed by atoms with Gasteiger partial charge in [-0.25, -0.2) is 0 Å². The Bertz CT molecular complexity index is 994. The molecule has 41 heavy (non-hydrogen) atoms. The predicted molar refractivity (Wildman–Crippen MR) is 157 cm³/mol. The van der Waals surface area contributed by atoms with E-state index in [0.717, 1.165) is 56.9 Å². The van der Waals surface area contributed by atoms with Crippen molar-refractivity contribution in [2.45, 2.75) is 128 Å². The van der Waals surface area contributed by atoms with Crippen molar-refractivity contribution in [3.05, 3.63) is 11.6 Å². The molecule has 4 aliphatic carbocycles. The van der Waals surface area contributed by atoms with Crippen LogP contribution in [0, 0.1) is 40.4 Å². The summed E-state index contributed by atoms with van der Waals surface area (Å²) in [5.41, 5.74) is -2.55. The van der Waals surface area contributed by atoms with Gasteiger partial charge in [-0.15, -0.1) is 0 Å². The minimum absolute atomic E-state index is 0.0883. The molecule has 3 saturated carbocycles. The van der Waals surface area contributed by atoms with Crippen LogP contribution in [0.25, 0.3) is 0 Å². The molecule has 0 aromatic rings. The number of hydrogen-bond acceptors (Lipinski definition) is 7. The number of fused-ring (bicyclic) bond motifs is 5. The van der Waals surface area contributed by atoms with Gasteiger partial charge in [0.15, 0.2) is 5.78 Å². The number of aliphatic hydroxyl groups excluding tert-OH is 1. The van der Waals surface area contributed by atoms with E-state index in [4.69, 9.17) is 14.2 Å². The molecule has 5 aliphatic rings. The lowest BCUT2D eigenvalue weighted by Crippen LogP contribution is -2.63. The Morgan fingerprint density at radius 2 is 1.90 bits per heavy atom. The summed E-state index contributed by atoms with van der Waals surface area (Å²) >= 11 is 0. The molecule has 0 amide bonds. The number of methoxy groups -OCH3 is 1. The molecule has 0 aromatic carbocycles. The smallest absolute Gasteiger partial charge is 0.159 e. The molecule has 5 rings (SSSR count). The second-order valence-corrected chi connectivity index (χ2v) is 15.0. The van der Waals surface area contributed by atoms with Crippen LogP contribution in [0.15, 0.2) is 11.6 Å². The lowest BCUT2D eigenvalue weighted by Gasteiger charge is -2.60. The summed E-state index contributed by atoms with van der Waals surface area (Å²) in [4.78, 5) is 13.8. The van der Waals surface area contributed by atoms with Crippen molar-refractivity contribution in [2.24, 2.45) is 40.4 Å². The minimum Gasteiger partial charge on any atom is -0.387 e. The highest BCUT2D eigenvalue weighted by Crippen LogP contribution is 2.68. The summed E-state index contributed by atoms with van der Waals surface area (Å²) in [5.74, 6) is 0.403. The van der Waals surface area contributed by atoms with E-state index < -0.39 is 28.8 Å². The SMILES string of the molecule is CCC[C@H]1CO[C@H]([C@@H](O)[C@@](C)(O)[C@H]2CC[C@@]3(O)C4=CC(=O)[C@@H]5C[C@@H](OCCCOC)CC[C@]5(C)[C@H]4CC[C@]23C)[C@@H]1C. The van der Waals surface area contributed by atoms with Crippen molar-refractivity contribution in [2.75, 3.05) is 26.9 Å². The lowest BCUT2D eigenvalue weighted by atomic mass is 9.46. The highest BCUT2D eigenvalue weighted by molar-refractivity contribution is 5.95. The molecule has 0 bridgehead atoms. The van der Waals surface area contributed by atoms with E-state index in [1.165, 1.54) is 0 Å². The van der Waals surface area contributed by atoms with Gasteiger partial charge in [0.2, 0.25) is 0 Å². The van der Waals surface area contributed by atoms with Crippen LogP contribution in [-0.2, 0) is 19.0 Å². The van der Waals surface area contributed by atoms with E-state index in [2.05, 4.69) is 27.7 Å². The third-order valence-corrected chi connectivity index (χ3v) is 12.9. The fourth-order valence-electron chi connectivity index (χ4n) is 10.3. The van der Waals surface area contributed by atoms with Crippen molar-refractivity contribution < 1.29 is 34.3 Å². The van der Waals surface area contributed by atoms with E-state index >= 15 is 0 Å². The maximum Gasteiger partial charge on any atom is 0.159 e. The topological polar surface area (TPSA) is 105 Å². The normalized spacial score (nSPS) is 46.3. The molecule has 0 radical (unpaired) electrons. The Morgan fingerprint density at radius 1 is 1.15 bits per heavy atom. The Morgan fingerprint density at radius 3 is 2.61 bits per heavy atom. The maximum absolute atomic E-state index is 13.8. The van der Waals surface area contributed by atoms with Crippen molar-refractivity contribution in [1.82, 2.24) is 0 Å². The zero-order valence-electron chi connectivity index (χ0n) is 26.4. The molecule has 3 N–H and O–H groups in total. The van der Waals surface area contributed by atoms with Crippen LogP contribution >= 0.6 is 0 Å². The predicted octanol–water partition coefficient (Wildman–Crippen LogP) is 4.84. The molecule has 0 spiro atoms. The third-order valence-electron chi connectivity index (χ3n) is 12.9. The summed E-state index contributed by atoms with van der Waals surface area (Å²) in [5, 5.41) is 36.3. The van der Waals surface area contributed by atoms with E-state index in [9.17, 15) is 20.1 Å². The highest BCUT2D eigenvalue weighted by Gasteiger charge is 2.69. The Hall–Kier alpha value is -0.830. The van der Waals surface area contributed by atoms with Crippen LogP contribution in [0.4, 0.5) is 0 Å². The summed E-state index contributed by atoms with van der Waals surface area (Å²) < 4.78 is 17.4. The zero-order valence-corrected chi connectivity index (χ0v) is 26.4. The van der Waals surface area contributed by atoms with Gasteiger partial charge in [-0.3, -0.25) is 4.79 Å². The summed E-state index contributed by atoms with van der Waals surface area (Å²) in [7, 11) is 1.70. The van der Waals surface area contributed by atoms with Crippen molar-refractivity contribution >= 4 is 5.78 Å². The number of carbonyl (C=O) groups excluding carboxylic acids is 1. The second-order valence-electron chi connectivity index (χ2n) is 15.0. The molecule has 7 nitrogen and oxygen atoms in total. The monoisotopic (exact) mass is 576 g/mol. The number of allylic oxidation sites excluding steroid dienone is 1. The summed E-state index contributed by atoms with van der Waals surface area (Å²) in [6.45, 7) is 12.3. The molecule has 234 valence electrons. The molecule has 0 aromatic heterocycles. The molecule has 1 saturated heterocycles. The van der Waals surface area contributed by atoms with Crippen LogP contribution in [0.2, 0.25) is 0 Å². The first kappa shape index (κ1) is 31.6. The van der Waals surface area contributed by atoms with Gasteiger partial charge in [0.05, 0.1) is 30.0 Å². The van der Waals surface area contributed by atoms with Gasteiger partial charge in [-0.05, 0) is 105 Å². The molecular weight excluding hydrogens is 520 g/mol. The second kappa shape index (κ2) is 11.6. The maximum atomic E-state index is 13.8. The average molecular weight is 577 g/mol. The van der Waals surface area contributed by atoms with Crippen molar-refractivity contribution in [3.63, 3.8) is 0 Å². The van der Waals surface area contributed by atoms with E-state index in [1.54, 1.807) is 20.1 Å². The molecule has 7 heteroatoms. The number of rotatable bonds is 10. The largest absolute Gasteiger partial charge is 0.387 e. The van der Waals surface area contributed by atoms with Crippen LogP contribution < -0.4 is 0 Å². The van der Waals surface area contributed by atoms with Gasteiger partial charge in [-0.2, -0.15) is 0 Å². The first-order valence-electron chi connectivity index (χ1n) is 16.5. The number of carbonyl (C=O) groups is 1. The van der Waals surface area contributed by atoms with Gasteiger partial charge in [0.25, 0.3) is 0 Å². The number of ether oxygens (including phenoxy) is 3. The number of aliphatic hydroxyl groups is 3. The standard InChI is InChI=1S/C34H56O7/c1-7-9-22-20-41-29(21(22)2)30(36)33(5,37)28-12-15-34(38)25-19-27(35)26-18-23(40-17-8-16-39-6)10-13-31(26,3)24(25)11-14-32(28,34)4/h19,21-24,26,28-30,36-38H,7-18,20H2,1-6H3/t21-,22+,23+,24+,26+,28+,29+,30-,31-,32-,33+,34-/m1/s1. The average Bonchev–Trinajstić information content (AvgIpc) is 3.43. The van der Waals surface area contributed by atoms with Crippen LogP contribution in [0.3, 0.4) is 0 Å². The van der Waals surface area contributed by atoms with Crippen LogP contribution in [0.1, 0.15) is 98.8 Å². The minimum atomic E-state index is -1.42. The Balaban J connectivity index is 1.36. The van der Waals surface area contributed by atoms with Crippen molar-refractivity contribution in [1.29, 1.82) is 0 Å². The molecule has 12 atom stereocenters. The molecule has 1 aliphatic heterocycles. The van der Waals surface area contributed by atoms with Gasteiger partial charge < -0.3 is 29.5 Å². The van der Waals surface area contributed by atoms with E-state index in [1.807, 2.05) is 0 Å². The zero-order chi connectivity index (χ0) is 29.8. The van der Waals surface area contributed by atoms with Crippen LogP contribution in [-0.4, -0.2) is 77.5 Å². The molecule has 0 unspecified atom stereocenters. The third kappa shape index (κ3) is 4.99. The van der Waals surface area contributed by atoms with Gasteiger partial charge in [-0.1, -0.05) is 34.1 Å². The van der Waals surface area contributed by atoms with Crippen molar-refractivity contribution in [3.8, 4) is 0 Å². The fraction of sp³-hybridized carbons (Fsp3) is 0.912. The number of hydrogen-bond donors (Lipinski definition) is 3. The lowest BCUT2D eigenvalue weighted by molar-refractivity contribution is -0.193. The van der Waals surface area contributed by atoms with Crippen LogP contribution in [0.5, 0.6) is 0 Å². The Kier molecular flexibility index (Phi) is 8.93. The van der Waals surface area contributed by atoms with E-state index in [0.29, 0.717) is 38.6 Å². The Labute approximate surface area is 247 Å². The van der Waals surface area contributed by atoms with Gasteiger partial charge >= 0.3 is 0 Å². The summed E-state index contributed by atoms with van der Waals surface area (Å²) in [6.07, 6.45) is 8.70. The number of ketones is 1. The quantitative estimate of drug-likeness (QED) is 0.320. The first-order chi connectivity index (χ1) is 19.3. The molecule has 1 heterocycles. The molecule has 4 fully saturated rings. The molecular formula is C34H56O7. The van der Waals surface area contributed by atoms with Gasteiger partial charge in [0, 0.05) is 31.7 Å². The summed E-state index contributed by atoms with van der Waals surface area (Å²) in [6, 6.07) is 0. The first-order valence-corrected chi connectivity index (χ1v) is 16.5.